The maximum absolute atomic E-state index is 4.38. The van der Waals surface area contributed by atoms with Crippen molar-refractivity contribution >= 4 is 0 Å². The van der Waals surface area contributed by atoms with E-state index in [1.807, 2.05) is 11.7 Å². The first-order valence-electron chi connectivity index (χ1n) is 7.22. The molecule has 0 aliphatic heterocycles. The molecule has 1 N–H and O–H groups in total. The van der Waals surface area contributed by atoms with E-state index in [0.29, 0.717) is 11.5 Å². The molecule has 0 spiro atoms. The monoisotopic (exact) mass is 250 g/mol. The molecule has 0 aromatic carbocycles. The molecule has 4 heteroatoms. The number of hydrogen-bond acceptors (Lipinski definition) is 3. The van der Waals surface area contributed by atoms with Crippen LogP contribution in [0, 0.1) is 5.41 Å². The van der Waals surface area contributed by atoms with Gasteiger partial charge in [-0.3, -0.25) is 4.68 Å². The maximum Gasteiger partial charge on any atom is 0.138 e. The van der Waals surface area contributed by atoms with Gasteiger partial charge in [0.05, 0.1) is 0 Å². The van der Waals surface area contributed by atoms with Crippen LogP contribution in [0.4, 0.5) is 0 Å². The minimum absolute atomic E-state index is 0.432. The molecule has 1 atom stereocenters. The fourth-order valence-corrected chi connectivity index (χ4v) is 3.10. The molecular formula is C14H26N4. The van der Waals surface area contributed by atoms with Crippen molar-refractivity contribution in [1.29, 1.82) is 0 Å². The largest absolute Gasteiger partial charge is 0.313 e. The van der Waals surface area contributed by atoms with Crippen molar-refractivity contribution < 1.29 is 0 Å². The van der Waals surface area contributed by atoms with Gasteiger partial charge in [0.25, 0.3) is 0 Å². The summed E-state index contributed by atoms with van der Waals surface area (Å²) >= 11 is 0. The summed E-state index contributed by atoms with van der Waals surface area (Å²) < 4.78 is 1.90. The maximum atomic E-state index is 4.38. The molecule has 1 heterocycles. The van der Waals surface area contributed by atoms with Gasteiger partial charge in [-0.25, -0.2) is 4.98 Å². The molecule has 0 saturated heterocycles. The van der Waals surface area contributed by atoms with Gasteiger partial charge in [-0.2, -0.15) is 5.10 Å². The predicted molar refractivity (Wildman–Crippen MR) is 73.4 cm³/mol. The fraction of sp³-hybridized carbons (Fsp3) is 0.857. The quantitative estimate of drug-likeness (QED) is 0.842. The van der Waals surface area contributed by atoms with Crippen LogP contribution in [0.15, 0.2) is 6.33 Å². The Morgan fingerprint density at radius 2 is 2.17 bits per heavy atom. The molecule has 2 rings (SSSR count). The van der Waals surface area contributed by atoms with Crippen LogP contribution < -0.4 is 5.32 Å². The van der Waals surface area contributed by atoms with E-state index in [1.54, 1.807) is 6.33 Å². The average molecular weight is 250 g/mol. The number of aromatic nitrogens is 3. The van der Waals surface area contributed by atoms with E-state index in [0.717, 1.165) is 18.8 Å². The molecule has 1 aliphatic carbocycles. The molecule has 0 amide bonds. The zero-order chi connectivity index (χ0) is 13.0. The molecule has 1 aliphatic rings. The third-order valence-electron chi connectivity index (χ3n) is 4.42. The summed E-state index contributed by atoms with van der Waals surface area (Å²) in [5.41, 5.74) is 0.432. The minimum Gasteiger partial charge on any atom is -0.313 e. The Hall–Kier alpha value is -0.900. The highest BCUT2D eigenvalue weighted by atomic mass is 15.3. The third kappa shape index (κ3) is 2.91. The lowest BCUT2D eigenvalue weighted by Crippen LogP contribution is -2.44. The van der Waals surface area contributed by atoms with Gasteiger partial charge in [-0.05, 0) is 31.2 Å². The van der Waals surface area contributed by atoms with Gasteiger partial charge >= 0.3 is 0 Å². The van der Waals surface area contributed by atoms with Gasteiger partial charge in [-0.15, -0.1) is 0 Å². The Morgan fingerprint density at radius 1 is 1.44 bits per heavy atom. The van der Waals surface area contributed by atoms with Gasteiger partial charge in [0.1, 0.15) is 12.2 Å². The summed E-state index contributed by atoms with van der Waals surface area (Å²) in [4.78, 5) is 4.38. The van der Waals surface area contributed by atoms with Crippen LogP contribution in [0.25, 0.3) is 0 Å². The first-order valence-corrected chi connectivity index (χ1v) is 7.22. The highest BCUT2D eigenvalue weighted by molar-refractivity contribution is 4.98. The van der Waals surface area contributed by atoms with Crippen LogP contribution >= 0.6 is 0 Å². The molecule has 102 valence electrons. The van der Waals surface area contributed by atoms with Crippen LogP contribution in [0.3, 0.4) is 0 Å². The van der Waals surface area contributed by atoms with Crippen molar-refractivity contribution in [3.05, 3.63) is 12.2 Å². The standard InChI is InChI=1S/C14H26N4/c1-4-9-15-12(14(2)7-5-6-8-14)10-13-16-11-17-18(13)3/h11-12,15H,4-10H2,1-3H3. The topological polar surface area (TPSA) is 42.7 Å². The molecule has 1 unspecified atom stereocenters. The highest BCUT2D eigenvalue weighted by Gasteiger charge is 2.37. The fourth-order valence-electron chi connectivity index (χ4n) is 3.10. The summed E-state index contributed by atoms with van der Waals surface area (Å²) in [6.07, 6.45) is 9.26. The Balaban J connectivity index is 2.07. The molecule has 1 aromatic rings. The van der Waals surface area contributed by atoms with Crippen LogP contribution in [-0.2, 0) is 13.5 Å². The van der Waals surface area contributed by atoms with Gasteiger partial charge in [0, 0.05) is 19.5 Å². The summed E-state index contributed by atoms with van der Waals surface area (Å²) in [6.45, 7) is 5.76. The molecule has 4 nitrogen and oxygen atoms in total. The van der Waals surface area contributed by atoms with Gasteiger partial charge < -0.3 is 5.32 Å². The Labute approximate surface area is 110 Å². The second kappa shape index (κ2) is 5.83. The van der Waals surface area contributed by atoms with E-state index in [4.69, 9.17) is 0 Å². The molecule has 1 aromatic heterocycles. The molecule has 18 heavy (non-hydrogen) atoms. The van der Waals surface area contributed by atoms with E-state index >= 15 is 0 Å². The van der Waals surface area contributed by atoms with Crippen molar-refractivity contribution in [3.63, 3.8) is 0 Å². The van der Waals surface area contributed by atoms with Crippen molar-refractivity contribution in [1.82, 2.24) is 20.1 Å². The highest BCUT2D eigenvalue weighted by Crippen LogP contribution is 2.41. The SMILES string of the molecule is CCCNC(Cc1ncnn1C)C1(C)CCCC1. The lowest BCUT2D eigenvalue weighted by molar-refractivity contribution is 0.216. The number of rotatable bonds is 6. The Bertz CT molecular complexity index is 366. The Kier molecular flexibility index (Phi) is 4.38. The lowest BCUT2D eigenvalue weighted by atomic mass is 9.79. The Morgan fingerprint density at radius 3 is 2.72 bits per heavy atom. The first-order chi connectivity index (χ1) is 8.65. The molecule has 1 saturated carbocycles. The zero-order valence-corrected chi connectivity index (χ0v) is 11.9. The number of hydrogen-bond donors (Lipinski definition) is 1. The van der Waals surface area contributed by atoms with E-state index in [-0.39, 0.29) is 0 Å². The minimum atomic E-state index is 0.432. The molecule has 0 bridgehead atoms. The summed E-state index contributed by atoms with van der Waals surface area (Å²) in [5.74, 6) is 1.09. The molecular weight excluding hydrogens is 224 g/mol. The first kappa shape index (κ1) is 13.5. The molecule has 0 radical (unpaired) electrons. The van der Waals surface area contributed by atoms with E-state index in [9.17, 15) is 0 Å². The predicted octanol–water partition coefficient (Wildman–Crippen LogP) is 2.31. The third-order valence-corrected chi connectivity index (χ3v) is 4.42. The zero-order valence-electron chi connectivity index (χ0n) is 11.9. The van der Waals surface area contributed by atoms with E-state index in [2.05, 4.69) is 29.2 Å². The van der Waals surface area contributed by atoms with Crippen LogP contribution in [0.1, 0.15) is 51.8 Å². The second-order valence-electron chi connectivity index (χ2n) is 5.87. The lowest BCUT2D eigenvalue weighted by Gasteiger charge is -2.34. The molecule has 1 fully saturated rings. The number of aryl methyl sites for hydroxylation is 1. The summed E-state index contributed by atoms with van der Waals surface area (Å²) in [7, 11) is 1.98. The van der Waals surface area contributed by atoms with Crippen molar-refractivity contribution in [2.75, 3.05) is 6.54 Å². The smallest absolute Gasteiger partial charge is 0.138 e. The van der Waals surface area contributed by atoms with Crippen molar-refractivity contribution in [2.24, 2.45) is 12.5 Å². The van der Waals surface area contributed by atoms with Crippen LogP contribution in [0.2, 0.25) is 0 Å². The van der Waals surface area contributed by atoms with Crippen molar-refractivity contribution in [3.8, 4) is 0 Å². The second-order valence-corrected chi connectivity index (χ2v) is 5.87. The normalized spacial score (nSPS) is 20.2. The van der Waals surface area contributed by atoms with Crippen molar-refractivity contribution in [2.45, 2.75) is 58.4 Å². The average Bonchev–Trinajstić information content (AvgIpc) is 2.95. The van der Waals surface area contributed by atoms with E-state index in [1.165, 1.54) is 32.1 Å². The number of nitrogens with zero attached hydrogens (tertiary/aromatic N) is 3. The van der Waals surface area contributed by atoms with Gasteiger partial charge in [-0.1, -0.05) is 26.7 Å². The number of nitrogens with one attached hydrogen (secondary N) is 1. The van der Waals surface area contributed by atoms with Gasteiger partial charge in [0.2, 0.25) is 0 Å². The summed E-state index contributed by atoms with van der Waals surface area (Å²) in [5, 5.41) is 7.91. The van der Waals surface area contributed by atoms with Crippen LogP contribution in [-0.4, -0.2) is 27.4 Å². The van der Waals surface area contributed by atoms with Gasteiger partial charge in [0.15, 0.2) is 0 Å². The summed E-state index contributed by atoms with van der Waals surface area (Å²) in [6, 6.07) is 0.530. The van der Waals surface area contributed by atoms with Crippen LogP contribution in [0.5, 0.6) is 0 Å². The van der Waals surface area contributed by atoms with E-state index < -0.39 is 0 Å².